The van der Waals surface area contributed by atoms with Gasteiger partial charge in [-0.15, -0.1) is 0 Å². The smallest absolute Gasteiger partial charge is 0.450 e. The van der Waals surface area contributed by atoms with E-state index in [1.807, 2.05) is 0 Å². The van der Waals surface area contributed by atoms with Gasteiger partial charge in [0.2, 0.25) is 6.29 Å². The van der Waals surface area contributed by atoms with Gasteiger partial charge >= 0.3 is 6.16 Å². The molecule has 84 valence electrons. The van der Waals surface area contributed by atoms with Crippen molar-refractivity contribution in [2.45, 2.75) is 51.7 Å². The van der Waals surface area contributed by atoms with E-state index < -0.39 is 12.4 Å². The Balaban J connectivity index is 3.38. The maximum absolute atomic E-state index is 10.2. The van der Waals surface area contributed by atoms with Gasteiger partial charge in [-0.2, -0.15) is 0 Å². The van der Waals surface area contributed by atoms with Crippen LogP contribution in [0, 0.1) is 0 Å². The van der Waals surface area contributed by atoms with Gasteiger partial charge in [-0.1, -0.05) is 32.6 Å². The quantitative estimate of drug-likeness (QED) is 0.375. The maximum Gasteiger partial charge on any atom is 0.508 e. The summed E-state index contributed by atoms with van der Waals surface area (Å²) >= 11 is 0. The van der Waals surface area contributed by atoms with Crippen LogP contribution in [0.2, 0.25) is 0 Å². The van der Waals surface area contributed by atoms with Gasteiger partial charge in [0.25, 0.3) is 0 Å². The van der Waals surface area contributed by atoms with Crippen LogP contribution in [0.15, 0.2) is 0 Å². The van der Waals surface area contributed by atoms with Gasteiger partial charge in [0, 0.05) is 13.5 Å². The third-order valence-electron chi connectivity index (χ3n) is 2.04. The Morgan fingerprint density at radius 3 is 2.43 bits per heavy atom. The van der Waals surface area contributed by atoms with E-state index in [1.165, 1.54) is 26.4 Å². The summed E-state index contributed by atoms with van der Waals surface area (Å²) in [6, 6.07) is 0. The molecule has 0 radical (unpaired) electrons. The van der Waals surface area contributed by atoms with Gasteiger partial charge in [-0.25, -0.2) is 4.79 Å². The summed E-state index contributed by atoms with van der Waals surface area (Å²) in [6.45, 7) is 2.16. The minimum Gasteiger partial charge on any atom is -0.450 e. The Morgan fingerprint density at radius 1 is 1.29 bits per heavy atom. The van der Waals surface area contributed by atoms with Crippen LogP contribution in [-0.4, -0.2) is 24.7 Å². The van der Waals surface area contributed by atoms with E-state index in [2.05, 4.69) is 11.7 Å². The molecule has 4 nitrogen and oxygen atoms in total. The zero-order valence-electron chi connectivity index (χ0n) is 8.99. The summed E-state index contributed by atoms with van der Waals surface area (Å²) in [4.78, 5) is 10.2. The summed E-state index contributed by atoms with van der Waals surface area (Å²) < 4.78 is 9.37. The molecular weight excluding hydrogens is 184 g/mol. The molecule has 0 bridgehead atoms. The highest BCUT2D eigenvalue weighted by atomic mass is 16.7. The lowest BCUT2D eigenvalue weighted by Crippen LogP contribution is -2.18. The summed E-state index contributed by atoms with van der Waals surface area (Å²) in [6.07, 6.45) is 4.46. The Morgan fingerprint density at radius 2 is 1.93 bits per heavy atom. The molecule has 0 aliphatic rings. The van der Waals surface area contributed by atoms with Crippen LogP contribution in [0.25, 0.3) is 0 Å². The fraction of sp³-hybridized carbons (Fsp3) is 0.900. The minimum atomic E-state index is -1.27. The van der Waals surface area contributed by atoms with Crippen molar-refractivity contribution in [3.8, 4) is 0 Å². The van der Waals surface area contributed by atoms with E-state index in [1.54, 1.807) is 0 Å². The Labute approximate surface area is 85.2 Å². The lowest BCUT2D eigenvalue weighted by atomic mass is 10.1. The average Bonchev–Trinajstić information content (AvgIpc) is 2.15. The molecule has 0 fully saturated rings. The fourth-order valence-electron chi connectivity index (χ4n) is 1.25. The lowest BCUT2D eigenvalue weighted by Gasteiger charge is -2.13. The van der Waals surface area contributed by atoms with Gasteiger partial charge in [-0.05, 0) is 6.42 Å². The van der Waals surface area contributed by atoms with E-state index in [-0.39, 0.29) is 0 Å². The van der Waals surface area contributed by atoms with Crippen LogP contribution in [0.4, 0.5) is 4.79 Å². The zero-order chi connectivity index (χ0) is 10.8. The first-order chi connectivity index (χ1) is 6.70. The molecular formula is C10H20O4. The largest absolute Gasteiger partial charge is 0.508 e. The van der Waals surface area contributed by atoms with E-state index in [0.29, 0.717) is 6.42 Å². The van der Waals surface area contributed by atoms with Crippen LogP contribution < -0.4 is 0 Å². The molecule has 4 heteroatoms. The number of ether oxygens (including phenoxy) is 2. The number of methoxy groups -OCH3 is 1. The second kappa shape index (κ2) is 8.81. The first-order valence-electron chi connectivity index (χ1n) is 5.13. The van der Waals surface area contributed by atoms with E-state index in [4.69, 9.17) is 9.84 Å². The molecule has 0 saturated heterocycles. The molecule has 0 amide bonds. The Hall–Kier alpha value is -0.770. The highest BCUT2D eigenvalue weighted by molar-refractivity contribution is 5.56. The Kier molecular flexibility index (Phi) is 8.33. The number of carbonyl (C=O) groups is 1. The van der Waals surface area contributed by atoms with Crippen LogP contribution in [0.3, 0.4) is 0 Å². The topological polar surface area (TPSA) is 55.8 Å². The van der Waals surface area contributed by atoms with Crippen LogP contribution >= 0.6 is 0 Å². The molecule has 0 saturated carbocycles. The van der Waals surface area contributed by atoms with Gasteiger partial charge in [0.05, 0.1) is 0 Å². The van der Waals surface area contributed by atoms with Crippen molar-refractivity contribution >= 4 is 6.16 Å². The predicted octanol–water partition coefficient (Wildman–Crippen LogP) is 3.01. The normalized spacial score (nSPS) is 12.4. The van der Waals surface area contributed by atoms with Gasteiger partial charge in [0.15, 0.2) is 0 Å². The highest BCUT2D eigenvalue weighted by Crippen LogP contribution is 2.09. The third-order valence-corrected chi connectivity index (χ3v) is 2.04. The van der Waals surface area contributed by atoms with Gasteiger partial charge < -0.3 is 14.6 Å². The molecule has 14 heavy (non-hydrogen) atoms. The molecule has 1 unspecified atom stereocenters. The molecule has 0 aromatic heterocycles. The third kappa shape index (κ3) is 7.86. The van der Waals surface area contributed by atoms with Crippen LogP contribution in [0.1, 0.15) is 45.4 Å². The standard InChI is InChI=1S/C10H20O4/c1-3-4-5-6-7-8-9(13-2)14-10(11)12/h9H,3-8H2,1-2H3,(H,11,12). The zero-order valence-corrected chi connectivity index (χ0v) is 8.99. The number of hydrogen-bond donors (Lipinski definition) is 1. The van der Waals surface area contributed by atoms with Gasteiger partial charge in [0.1, 0.15) is 0 Å². The van der Waals surface area contributed by atoms with E-state index >= 15 is 0 Å². The highest BCUT2D eigenvalue weighted by Gasteiger charge is 2.11. The molecule has 1 atom stereocenters. The molecule has 1 N–H and O–H groups in total. The summed E-state index contributed by atoms with van der Waals surface area (Å²) in [7, 11) is 1.46. The SMILES string of the molecule is CCCCCCCC(OC)OC(=O)O. The minimum absolute atomic E-state index is 0.603. The average molecular weight is 204 g/mol. The number of hydrogen-bond acceptors (Lipinski definition) is 3. The van der Waals surface area contributed by atoms with E-state index in [9.17, 15) is 4.79 Å². The number of unbranched alkanes of at least 4 members (excludes halogenated alkanes) is 4. The molecule has 0 heterocycles. The molecule has 0 aliphatic carbocycles. The lowest BCUT2D eigenvalue weighted by molar-refractivity contribution is -0.101. The summed E-state index contributed by atoms with van der Waals surface area (Å²) in [5, 5.41) is 8.35. The van der Waals surface area contributed by atoms with Crippen molar-refractivity contribution in [2.75, 3.05) is 7.11 Å². The number of rotatable bonds is 8. The fourth-order valence-corrected chi connectivity index (χ4v) is 1.25. The molecule has 0 aliphatic heterocycles. The second-order valence-electron chi connectivity index (χ2n) is 3.25. The van der Waals surface area contributed by atoms with Crippen molar-refractivity contribution in [1.29, 1.82) is 0 Å². The monoisotopic (exact) mass is 204 g/mol. The van der Waals surface area contributed by atoms with Crippen LogP contribution in [-0.2, 0) is 9.47 Å². The summed E-state index contributed by atoms with van der Waals surface area (Å²) in [5.41, 5.74) is 0. The van der Waals surface area contributed by atoms with Crippen molar-refractivity contribution in [3.63, 3.8) is 0 Å². The van der Waals surface area contributed by atoms with Crippen molar-refractivity contribution in [2.24, 2.45) is 0 Å². The molecule has 0 aromatic rings. The molecule has 0 rings (SSSR count). The number of carboxylic acid groups (broad SMARTS) is 1. The van der Waals surface area contributed by atoms with Crippen molar-refractivity contribution < 1.29 is 19.4 Å². The van der Waals surface area contributed by atoms with E-state index in [0.717, 1.165) is 12.8 Å². The predicted molar refractivity (Wildman–Crippen MR) is 53.3 cm³/mol. The second-order valence-corrected chi connectivity index (χ2v) is 3.25. The molecule has 0 aromatic carbocycles. The first-order valence-corrected chi connectivity index (χ1v) is 5.13. The first kappa shape index (κ1) is 13.2. The van der Waals surface area contributed by atoms with Gasteiger partial charge in [-0.3, -0.25) is 0 Å². The van der Waals surface area contributed by atoms with Crippen molar-refractivity contribution in [3.05, 3.63) is 0 Å². The van der Waals surface area contributed by atoms with Crippen LogP contribution in [0.5, 0.6) is 0 Å². The van der Waals surface area contributed by atoms with Crippen molar-refractivity contribution in [1.82, 2.24) is 0 Å². The molecule has 0 spiro atoms. The summed E-state index contributed by atoms with van der Waals surface area (Å²) in [5.74, 6) is 0. The Bertz CT molecular complexity index is 147. The maximum atomic E-state index is 10.2.